The normalized spacial score (nSPS) is 23.7. The smallest absolute Gasteiger partial charge is 0.210 e. The summed E-state index contributed by atoms with van der Waals surface area (Å²) in [7, 11) is 1.65. The predicted molar refractivity (Wildman–Crippen MR) is 152 cm³/mol. The number of rotatable bonds is 15. The van der Waals surface area contributed by atoms with Crippen LogP contribution in [0.4, 0.5) is 0 Å². The van der Waals surface area contributed by atoms with Gasteiger partial charge in [-0.1, -0.05) is 45.7 Å². The van der Waals surface area contributed by atoms with Gasteiger partial charge in [-0.2, -0.15) is 0 Å². The van der Waals surface area contributed by atoms with Gasteiger partial charge in [0.2, 0.25) is 5.78 Å². The van der Waals surface area contributed by atoms with Crippen molar-refractivity contribution in [1.82, 2.24) is 0 Å². The molecule has 1 aliphatic rings. The molecule has 2 rings (SSSR count). The number of methoxy groups -OCH3 is 1. The van der Waals surface area contributed by atoms with Crippen LogP contribution in [0, 0.1) is 35.5 Å². The third-order valence-electron chi connectivity index (χ3n) is 7.35. The fraction of sp³-hybridized carbons (Fsp3) is 0.719. The van der Waals surface area contributed by atoms with Crippen molar-refractivity contribution in [3.8, 4) is 17.6 Å². The van der Waals surface area contributed by atoms with E-state index in [2.05, 4.69) is 32.6 Å². The van der Waals surface area contributed by atoms with Crippen molar-refractivity contribution >= 4 is 5.78 Å². The van der Waals surface area contributed by atoms with Crippen LogP contribution < -0.4 is 4.74 Å². The molecule has 1 aromatic carbocycles. The summed E-state index contributed by atoms with van der Waals surface area (Å²) in [5.41, 5.74) is 1.08. The van der Waals surface area contributed by atoms with Gasteiger partial charge < -0.3 is 28.4 Å². The van der Waals surface area contributed by atoms with E-state index in [1.54, 1.807) is 7.11 Å². The fourth-order valence-electron chi connectivity index (χ4n) is 4.99. The Balaban J connectivity index is 1.99. The molecular formula is C32H50O7. The molecular weight excluding hydrogens is 496 g/mol. The van der Waals surface area contributed by atoms with Crippen LogP contribution in [0.3, 0.4) is 0 Å². The van der Waals surface area contributed by atoms with Gasteiger partial charge in [0, 0.05) is 24.4 Å². The first-order valence-electron chi connectivity index (χ1n) is 14.3. The summed E-state index contributed by atoms with van der Waals surface area (Å²) in [5, 5.41) is 0. The summed E-state index contributed by atoms with van der Waals surface area (Å²) in [6.45, 7) is 18.7. The number of carbonyl (C=O) groups is 1. The number of ketones is 1. The minimum absolute atomic E-state index is 0.0128. The topological polar surface area (TPSA) is 72.5 Å². The van der Waals surface area contributed by atoms with E-state index < -0.39 is 11.7 Å². The number of hydrogen-bond acceptors (Lipinski definition) is 7. The molecule has 1 saturated heterocycles. The maximum Gasteiger partial charge on any atom is 0.210 e. The molecule has 0 aromatic heterocycles. The average molecular weight is 547 g/mol. The first kappa shape index (κ1) is 33.3. The Labute approximate surface area is 236 Å². The molecule has 0 amide bonds. The lowest BCUT2D eigenvalue weighted by Crippen LogP contribution is -2.55. The Morgan fingerprint density at radius 3 is 2.31 bits per heavy atom. The fourth-order valence-corrected chi connectivity index (χ4v) is 4.99. The van der Waals surface area contributed by atoms with Gasteiger partial charge in [-0.25, -0.2) is 0 Å². The molecule has 1 fully saturated rings. The molecule has 0 bridgehead atoms. The second-order valence-corrected chi connectivity index (χ2v) is 11.0. The number of carbonyl (C=O) groups excluding carboxylic acids is 1. The van der Waals surface area contributed by atoms with Gasteiger partial charge >= 0.3 is 0 Å². The minimum atomic E-state index is -0.817. The van der Waals surface area contributed by atoms with Crippen LogP contribution in [0.15, 0.2) is 24.3 Å². The highest BCUT2D eigenvalue weighted by molar-refractivity contribution is 5.97. The van der Waals surface area contributed by atoms with Gasteiger partial charge in [-0.3, -0.25) is 4.79 Å². The van der Waals surface area contributed by atoms with Crippen molar-refractivity contribution in [2.45, 2.75) is 92.5 Å². The summed E-state index contributed by atoms with van der Waals surface area (Å²) >= 11 is 0. The highest BCUT2D eigenvalue weighted by atomic mass is 16.7. The zero-order valence-corrected chi connectivity index (χ0v) is 25.5. The van der Waals surface area contributed by atoms with Crippen molar-refractivity contribution in [3.05, 3.63) is 29.8 Å². The Bertz CT molecular complexity index is 917. The van der Waals surface area contributed by atoms with Gasteiger partial charge in [-0.05, 0) is 57.7 Å². The number of ether oxygens (including phenoxy) is 6. The second kappa shape index (κ2) is 16.3. The van der Waals surface area contributed by atoms with E-state index in [0.29, 0.717) is 33.0 Å². The van der Waals surface area contributed by atoms with Crippen molar-refractivity contribution in [3.63, 3.8) is 0 Å². The molecule has 220 valence electrons. The van der Waals surface area contributed by atoms with Gasteiger partial charge in [0.15, 0.2) is 5.79 Å². The highest BCUT2D eigenvalue weighted by Crippen LogP contribution is 2.38. The molecule has 7 atom stereocenters. The van der Waals surface area contributed by atoms with Gasteiger partial charge in [0.1, 0.15) is 5.75 Å². The van der Waals surface area contributed by atoms with E-state index in [9.17, 15) is 4.79 Å². The average Bonchev–Trinajstić information content (AvgIpc) is 2.92. The standard InChI is InChI=1S/C32H50O7/c1-10-27(25(6)37-19-18-35-11-2)14-17-29(33)23(4)31-24(5)30(38-32(7,8)39-31)22(3)20-36-21-26-12-15-28(34-9)16-13-26/h12-13,15-16,22-25,27,30-31H,10-11,18-21H2,1-9H3/t22-,23+,24+,25+,27-,30-,31-/m0/s1. The van der Waals surface area contributed by atoms with Crippen LogP contribution in [0.25, 0.3) is 0 Å². The first-order valence-corrected chi connectivity index (χ1v) is 14.3. The summed E-state index contributed by atoms with van der Waals surface area (Å²) in [5.74, 6) is 5.65. The lowest BCUT2D eigenvalue weighted by molar-refractivity contribution is -0.333. The number of hydrogen-bond donors (Lipinski definition) is 0. The molecule has 1 aromatic rings. The molecule has 7 heteroatoms. The third kappa shape index (κ3) is 10.5. The van der Waals surface area contributed by atoms with Gasteiger partial charge in [0.05, 0.1) is 57.8 Å². The van der Waals surface area contributed by atoms with E-state index >= 15 is 0 Å². The Hall–Kier alpha value is -1.95. The first-order chi connectivity index (χ1) is 18.5. The summed E-state index contributed by atoms with van der Waals surface area (Å²) in [6.07, 6.45) is 0.286. The third-order valence-corrected chi connectivity index (χ3v) is 7.35. The Morgan fingerprint density at radius 2 is 1.69 bits per heavy atom. The Morgan fingerprint density at radius 1 is 1.03 bits per heavy atom. The maximum atomic E-state index is 13.2. The van der Waals surface area contributed by atoms with Crippen LogP contribution in [0.2, 0.25) is 0 Å². The van der Waals surface area contributed by atoms with Crippen LogP contribution >= 0.6 is 0 Å². The van der Waals surface area contributed by atoms with Crippen molar-refractivity contribution in [2.24, 2.45) is 23.7 Å². The summed E-state index contributed by atoms with van der Waals surface area (Å²) in [4.78, 5) is 13.2. The van der Waals surface area contributed by atoms with Crippen molar-refractivity contribution < 1.29 is 33.2 Å². The van der Waals surface area contributed by atoms with Crippen molar-refractivity contribution in [2.75, 3.05) is 33.5 Å². The van der Waals surface area contributed by atoms with E-state index in [1.165, 1.54) is 0 Å². The monoisotopic (exact) mass is 546 g/mol. The highest BCUT2D eigenvalue weighted by Gasteiger charge is 2.46. The largest absolute Gasteiger partial charge is 0.497 e. The molecule has 0 aliphatic carbocycles. The van der Waals surface area contributed by atoms with E-state index in [1.807, 2.05) is 58.9 Å². The molecule has 7 nitrogen and oxygen atoms in total. The minimum Gasteiger partial charge on any atom is -0.497 e. The Kier molecular flexibility index (Phi) is 13.9. The molecule has 0 unspecified atom stereocenters. The number of benzene rings is 1. The van der Waals surface area contributed by atoms with E-state index in [0.717, 1.165) is 17.7 Å². The second-order valence-electron chi connectivity index (χ2n) is 11.0. The quantitative estimate of drug-likeness (QED) is 0.159. The van der Waals surface area contributed by atoms with Crippen LogP contribution in [-0.2, 0) is 35.1 Å². The summed E-state index contributed by atoms with van der Waals surface area (Å²) < 4.78 is 35.1. The van der Waals surface area contributed by atoms with Crippen LogP contribution in [-0.4, -0.2) is 63.4 Å². The molecule has 0 saturated carbocycles. The maximum absolute atomic E-state index is 13.2. The zero-order valence-electron chi connectivity index (χ0n) is 25.5. The van der Waals surface area contributed by atoms with Crippen LogP contribution in [0.1, 0.15) is 67.4 Å². The lowest BCUT2D eigenvalue weighted by atomic mass is 9.81. The SMILES string of the molecule is CCOCCO[C@H](C)[C@H](C#CC(=O)[C@@H](C)[C@@H]1OC(C)(C)O[C@@H]([C@@H](C)COCc2ccc(OC)cc2)[C@H]1C)CC. The molecule has 0 N–H and O–H groups in total. The van der Waals surface area contributed by atoms with Gasteiger partial charge in [0.25, 0.3) is 0 Å². The van der Waals surface area contributed by atoms with Crippen molar-refractivity contribution in [1.29, 1.82) is 0 Å². The van der Waals surface area contributed by atoms with Crippen LogP contribution in [0.5, 0.6) is 5.75 Å². The molecule has 0 radical (unpaired) electrons. The molecule has 39 heavy (non-hydrogen) atoms. The van der Waals surface area contributed by atoms with E-state index in [4.69, 9.17) is 28.4 Å². The lowest BCUT2D eigenvalue weighted by Gasteiger charge is -2.48. The predicted octanol–water partition coefficient (Wildman–Crippen LogP) is 5.68. The zero-order chi connectivity index (χ0) is 29.0. The number of Topliss-reactive ketones (excluding diaryl/α,β-unsaturated/α-hetero) is 1. The molecule has 1 heterocycles. The van der Waals surface area contributed by atoms with Gasteiger partial charge in [-0.15, -0.1) is 0 Å². The summed E-state index contributed by atoms with van der Waals surface area (Å²) in [6, 6.07) is 7.86. The van der Waals surface area contributed by atoms with E-state index in [-0.39, 0.29) is 41.8 Å². The molecule has 0 spiro atoms. The molecule has 1 aliphatic heterocycles.